The molecule has 2 fully saturated rings. The average Bonchev–Trinajstić information content (AvgIpc) is 2.76. The summed E-state index contributed by atoms with van der Waals surface area (Å²) in [4.78, 5) is 2.55. The molecule has 0 aromatic rings. The molecule has 0 bridgehead atoms. The van der Waals surface area contributed by atoms with Gasteiger partial charge in [0, 0.05) is 31.7 Å². The number of likely N-dealkylation sites (tertiary alicyclic amines) is 1. The molecular weight excluding hydrogens is 212 g/mol. The summed E-state index contributed by atoms with van der Waals surface area (Å²) in [7, 11) is 0. The Hall–Kier alpha value is -0.590. The molecule has 0 amide bonds. The maximum atomic E-state index is 8.83. The van der Waals surface area contributed by atoms with Crippen LogP contribution in [-0.4, -0.2) is 36.2 Å². The van der Waals surface area contributed by atoms with E-state index in [0.29, 0.717) is 18.4 Å². The van der Waals surface area contributed by atoms with Gasteiger partial charge in [0.2, 0.25) is 0 Å². The Balaban J connectivity index is 1.92. The molecule has 2 saturated heterocycles. The molecule has 17 heavy (non-hydrogen) atoms. The van der Waals surface area contributed by atoms with Gasteiger partial charge in [-0.2, -0.15) is 5.26 Å². The van der Waals surface area contributed by atoms with E-state index in [2.05, 4.69) is 24.8 Å². The summed E-state index contributed by atoms with van der Waals surface area (Å²) in [5.41, 5.74) is 0.276. The van der Waals surface area contributed by atoms with E-state index in [4.69, 9.17) is 10.00 Å². The van der Waals surface area contributed by atoms with Gasteiger partial charge in [0.15, 0.2) is 0 Å². The second-order valence-electron chi connectivity index (χ2n) is 6.12. The monoisotopic (exact) mass is 236 g/mol. The zero-order valence-corrected chi connectivity index (χ0v) is 11.1. The lowest BCUT2D eigenvalue weighted by atomic mass is 9.83. The minimum atomic E-state index is 0.276. The van der Waals surface area contributed by atoms with Crippen LogP contribution >= 0.6 is 0 Å². The third-order valence-electron chi connectivity index (χ3n) is 4.33. The van der Waals surface area contributed by atoms with E-state index in [9.17, 15) is 0 Å². The molecule has 0 aromatic carbocycles. The number of piperidine rings is 1. The number of hydrogen-bond donors (Lipinski definition) is 0. The number of nitriles is 1. The van der Waals surface area contributed by atoms with Crippen molar-refractivity contribution in [1.29, 1.82) is 5.26 Å². The molecule has 0 aliphatic carbocycles. The zero-order chi connectivity index (χ0) is 12.3. The number of hydrogen-bond acceptors (Lipinski definition) is 3. The number of ether oxygens (including phenoxy) is 1. The Morgan fingerprint density at radius 2 is 2.24 bits per heavy atom. The van der Waals surface area contributed by atoms with Crippen molar-refractivity contribution >= 4 is 0 Å². The van der Waals surface area contributed by atoms with Crippen LogP contribution in [-0.2, 0) is 4.74 Å². The van der Waals surface area contributed by atoms with Gasteiger partial charge in [-0.15, -0.1) is 0 Å². The van der Waals surface area contributed by atoms with Gasteiger partial charge in [0.1, 0.15) is 0 Å². The Morgan fingerprint density at radius 1 is 1.41 bits per heavy atom. The zero-order valence-electron chi connectivity index (χ0n) is 11.1. The molecule has 2 unspecified atom stereocenters. The molecule has 0 N–H and O–H groups in total. The Labute approximate surface area is 105 Å². The summed E-state index contributed by atoms with van der Waals surface area (Å²) < 4.78 is 5.74. The molecule has 2 rings (SSSR count). The summed E-state index contributed by atoms with van der Waals surface area (Å²) in [5.74, 6) is 0.564. The maximum Gasteiger partial charge on any atom is 0.0703 e. The fourth-order valence-electron chi connectivity index (χ4n) is 3.02. The van der Waals surface area contributed by atoms with E-state index in [0.717, 1.165) is 19.7 Å². The van der Waals surface area contributed by atoms with Crippen molar-refractivity contribution in [2.75, 3.05) is 19.7 Å². The minimum absolute atomic E-state index is 0.276. The predicted octanol–water partition coefficient (Wildman–Crippen LogP) is 2.57. The van der Waals surface area contributed by atoms with Gasteiger partial charge in [-0.3, -0.25) is 4.90 Å². The van der Waals surface area contributed by atoms with Crippen molar-refractivity contribution in [3.63, 3.8) is 0 Å². The number of rotatable bonds is 3. The summed E-state index contributed by atoms with van der Waals surface area (Å²) >= 11 is 0. The SMILES string of the molecule is CC1(C)CCC(CC#N)CN1CC1CCCO1. The summed E-state index contributed by atoms with van der Waals surface area (Å²) in [6.45, 7) is 7.70. The Bertz CT molecular complexity index is 289. The van der Waals surface area contributed by atoms with Crippen molar-refractivity contribution in [2.24, 2.45) is 5.92 Å². The van der Waals surface area contributed by atoms with Crippen molar-refractivity contribution < 1.29 is 4.74 Å². The van der Waals surface area contributed by atoms with Crippen LogP contribution < -0.4 is 0 Å². The van der Waals surface area contributed by atoms with Crippen LogP contribution in [0.3, 0.4) is 0 Å². The smallest absolute Gasteiger partial charge is 0.0703 e. The molecule has 2 aliphatic heterocycles. The van der Waals surface area contributed by atoms with Crippen LogP contribution in [0.1, 0.15) is 46.0 Å². The van der Waals surface area contributed by atoms with Crippen molar-refractivity contribution in [1.82, 2.24) is 4.90 Å². The maximum absolute atomic E-state index is 8.83. The topological polar surface area (TPSA) is 36.3 Å². The second kappa shape index (κ2) is 5.37. The van der Waals surface area contributed by atoms with E-state index >= 15 is 0 Å². The van der Waals surface area contributed by atoms with E-state index < -0.39 is 0 Å². The highest BCUT2D eigenvalue weighted by atomic mass is 16.5. The molecule has 0 radical (unpaired) electrons. The molecule has 3 heteroatoms. The lowest BCUT2D eigenvalue weighted by molar-refractivity contribution is -0.00367. The highest BCUT2D eigenvalue weighted by Gasteiger charge is 2.35. The highest BCUT2D eigenvalue weighted by molar-refractivity contribution is 4.92. The fourth-order valence-corrected chi connectivity index (χ4v) is 3.02. The van der Waals surface area contributed by atoms with Gasteiger partial charge in [-0.25, -0.2) is 0 Å². The summed E-state index contributed by atoms with van der Waals surface area (Å²) in [6, 6.07) is 2.32. The Kier molecular flexibility index (Phi) is 4.06. The molecular formula is C14H24N2O. The molecule has 0 aromatic heterocycles. The van der Waals surface area contributed by atoms with Gasteiger partial charge in [-0.05, 0) is 45.4 Å². The molecule has 2 aliphatic rings. The first-order chi connectivity index (χ1) is 8.12. The van der Waals surface area contributed by atoms with Crippen LogP contribution in [0, 0.1) is 17.2 Å². The van der Waals surface area contributed by atoms with Crippen LogP contribution in [0.25, 0.3) is 0 Å². The van der Waals surface area contributed by atoms with Crippen molar-refractivity contribution in [3.8, 4) is 6.07 Å². The standard InChI is InChI=1S/C14H24N2O/c1-14(2)7-5-12(6-8-15)10-16(14)11-13-4-3-9-17-13/h12-13H,3-7,9-11H2,1-2H3. The van der Waals surface area contributed by atoms with Crippen LogP contribution in [0.2, 0.25) is 0 Å². The lowest BCUT2D eigenvalue weighted by Gasteiger charge is -2.46. The summed E-state index contributed by atoms with van der Waals surface area (Å²) in [5, 5.41) is 8.83. The number of nitrogens with zero attached hydrogens (tertiary/aromatic N) is 2. The molecule has 96 valence electrons. The van der Waals surface area contributed by atoms with Crippen LogP contribution in [0.15, 0.2) is 0 Å². The lowest BCUT2D eigenvalue weighted by Crippen LogP contribution is -2.52. The molecule has 3 nitrogen and oxygen atoms in total. The van der Waals surface area contributed by atoms with E-state index in [1.54, 1.807) is 0 Å². The van der Waals surface area contributed by atoms with Crippen LogP contribution in [0.5, 0.6) is 0 Å². The molecule has 0 spiro atoms. The van der Waals surface area contributed by atoms with Gasteiger partial charge in [-0.1, -0.05) is 0 Å². The first kappa shape index (κ1) is 12.9. The average molecular weight is 236 g/mol. The van der Waals surface area contributed by atoms with Crippen molar-refractivity contribution in [2.45, 2.75) is 57.6 Å². The minimum Gasteiger partial charge on any atom is -0.377 e. The second-order valence-corrected chi connectivity index (χ2v) is 6.12. The molecule has 2 heterocycles. The third-order valence-corrected chi connectivity index (χ3v) is 4.33. The first-order valence-electron chi connectivity index (χ1n) is 6.85. The highest BCUT2D eigenvalue weighted by Crippen LogP contribution is 2.32. The van der Waals surface area contributed by atoms with Gasteiger partial charge in [0.05, 0.1) is 12.2 Å². The van der Waals surface area contributed by atoms with Gasteiger partial charge >= 0.3 is 0 Å². The van der Waals surface area contributed by atoms with Gasteiger partial charge in [0.25, 0.3) is 0 Å². The van der Waals surface area contributed by atoms with Crippen molar-refractivity contribution in [3.05, 3.63) is 0 Å². The molecule has 0 saturated carbocycles. The van der Waals surface area contributed by atoms with E-state index in [1.165, 1.54) is 25.7 Å². The van der Waals surface area contributed by atoms with E-state index in [1.807, 2.05) is 0 Å². The third kappa shape index (κ3) is 3.20. The molecule has 2 atom stereocenters. The summed E-state index contributed by atoms with van der Waals surface area (Å²) in [6.07, 6.45) is 5.94. The largest absolute Gasteiger partial charge is 0.377 e. The van der Waals surface area contributed by atoms with Gasteiger partial charge < -0.3 is 4.74 Å². The quantitative estimate of drug-likeness (QED) is 0.755. The fraction of sp³-hybridized carbons (Fsp3) is 0.929. The van der Waals surface area contributed by atoms with Crippen LogP contribution in [0.4, 0.5) is 0 Å². The normalized spacial score (nSPS) is 33.5. The Morgan fingerprint density at radius 3 is 2.88 bits per heavy atom. The predicted molar refractivity (Wildman–Crippen MR) is 67.6 cm³/mol. The first-order valence-corrected chi connectivity index (χ1v) is 6.85. The van der Waals surface area contributed by atoms with E-state index in [-0.39, 0.29) is 5.54 Å².